The molecule has 4 nitrogen and oxygen atoms in total. The van der Waals surface area contributed by atoms with Crippen molar-refractivity contribution in [2.24, 2.45) is 0 Å². The van der Waals surface area contributed by atoms with Crippen LogP contribution in [-0.4, -0.2) is 21.2 Å². The van der Waals surface area contributed by atoms with Crippen molar-refractivity contribution in [1.82, 2.24) is 4.98 Å². The molecular weight excluding hydrogens is 281 g/mol. The number of rotatable bonds is 4. The Hall–Kier alpha value is -1.79. The number of aliphatic carboxylic acids is 1. The number of hydrogen-bond donors (Lipinski definition) is 2. The Labute approximate surface area is 119 Å². The van der Waals surface area contributed by atoms with E-state index in [1.807, 2.05) is 0 Å². The SMILES string of the molecule is CC(C)(O)c1ccc(-c2nc(CC(=O)O)cs2)c(F)c1. The third kappa shape index (κ3) is 3.20. The molecule has 0 radical (unpaired) electrons. The second kappa shape index (κ2) is 5.30. The summed E-state index contributed by atoms with van der Waals surface area (Å²) in [5, 5.41) is 20.6. The highest BCUT2D eigenvalue weighted by Crippen LogP contribution is 2.29. The van der Waals surface area contributed by atoms with E-state index < -0.39 is 17.4 Å². The molecule has 1 aromatic carbocycles. The number of benzene rings is 1. The first-order valence-corrected chi connectivity index (χ1v) is 6.84. The Bertz CT molecular complexity index is 646. The predicted octanol–water partition coefficient (Wildman–Crippen LogP) is 2.80. The molecule has 0 spiro atoms. The zero-order chi connectivity index (χ0) is 14.9. The van der Waals surface area contributed by atoms with E-state index in [2.05, 4.69) is 4.98 Å². The van der Waals surface area contributed by atoms with E-state index in [4.69, 9.17) is 5.11 Å². The highest BCUT2D eigenvalue weighted by molar-refractivity contribution is 7.13. The van der Waals surface area contributed by atoms with Crippen LogP contribution < -0.4 is 0 Å². The summed E-state index contributed by atoms with van der Waals surface area (Å²) in [5.41, 5.74) is 0.0700. The van der Waals surface area contributed by atoms with E-state index in [0.29, 0.717) is 21.8 Å². The van der Waals surface area contributed by atoms with E-state index in [9.17, 15) is 14.3 Å². The molecule has 2 N–H and O–H groups in total. The second-order valence-corrected chi connectivity index (χ2v) is 5.83. The molecule has 0 atom stereocenters. The first-order valence-electron chi connectivity index (χ1n) is 5.96. The minimum atomic E-state index is -1.11. The normalized spacial score (nSPS) is 11.6. The Morgan fingerprint density at radius 1 is 1.45 bits per heavy atom. The second-order valence-electron chi connectivity index (χ2n) is 4.97. The fourth-order valence-corrected chi connectivity index (χ4v) is 2.58. The van der Waals surface area contributed by atoms with Crippen molar-refractivity contribution in [1.29, 1.82) is 0 Å². The van der Waals surface area contributed by atoms with Gasteiger partial charge in [0, 0.05) is 10.9 Å². The number of hydrogen-bond acceptors (Lipinski definition) is 4. The fraction of sp³-hybridized carbons (Fsp3) is 0.286. The number of carboxylic acids is 1. The zero-order valence-corrected chi connectivity index (χ0v) is 11.9. The van der Waals surface area contributed by atoms with Gasteiger partial charge in [-0.2, -0.15) is 0 Å². The molecule has 1 heterocycles. The molecule has 20 heavy (non-hydrogen) atoms. The van der Waals surface area contributed by atoms with Crippen LogP contribution in [-0.2, 0) is 16.8 Å². The Morgan fingerprint density at radius 3 is 2.70 bits per heavy atom. The summed E-state index contributed by atoms with van der Waals surface area (Å²) in [6, 6.07) is 4.45. The van der Waals surface area contributed by atoms with E-state index in [1.165, 1.54) is 17.4 Å². The molecular formula is C14H14FNO3S. The van der Waals surface area contributed by atoms with Gasteiger partial charge >= 0.3 is 5.97 Å². The van der Waals surface area contributed by atoms with Gasteiger partial charge in [0.25, 0.3) is 0 Å². The molecule has 0 amide bonds. The maximum absolute atomic E-state index is 14.1. The number of carbonyl (C=O) groups is 1. The lowest BCUT2D eigenvalue weighted by atomic mass is 9.97. The van der Waals surface area contributed by atoms with E-state index in [1.54, 1.807) is 31.4 Å². The molecule has 2 aromatic rings. The quantitative estimate of drug-likeness (QED) is 0.910. The zero-order valence-electron chi connectivity index (χ0n) is 11.1. The lowest BCUT2D eigenvalue weighted by Gasteiger charge is -2.18. The number of aliphatic hydroxyl groups is 1. The van der Waals surface area contributed by atoms with Crippen molar-refractivity contribution < 1.29 is 19.4 Å². The van der Waals surface area contributed by atoms with Gasteiger partial charge in [0.1, 0.15) is 10.8 Å². The van der Waals surface area contributed by atoms with Crippen LogP contribution in [0, 0.1) is 5.82 Å². The van der Waals surface area contributed by atoms with Gasteiger partial charge < -0.3 is 10.2 Å². The van der Waals surface area contributed by atoms with E-state index in [0.717, 1.165) is 0 Å². The summed E-state index contributed by atoms with van der Waals surface area (Å²) in [7, 11) is 0. The molecule has 0 aliphatic rings. The third-order valence-electron chi connectivity index (χ3n) is 2.79. The molecule has 0 fully saturated rings. The van der Waals surface area contributed by atoms with Gasteiger partial charge in [0.05, 0.1) is 17.7 Å². The van der Waals surface area contributed by atoms with E-state index >= 15 is 0 Å². The average molecular weight is 295 g/mol. The van der Waals surface area contributed by atoms with Gasteiger partial charge in [0.2, 0.25) is 0 Å². The standard InChI is InChI=1S/C14H14FNO3S/c1-14(2,19)8-3-4-10(11(15)5-8)13-16-9(7-20-13)6-12(17)18/h3-5,7,19H,6H2,1-2H3,(H,17,18). The Morgan fingerprint density at radius 2 is 2.15 bits per heavy atom. The molecule has 106 valence electrons. The van der Waals surface area contributed by atoms with Crippen LogP contribution in [0.2, 0.25) is 0 Å². The maximum atomic E-state index is 14.1. The van der Waals surface area contributed by atoms with Gasteiger partial charge in [-0.05, 0) is 31.5 Å². The Kier molecular flexibility index (Phi) is 3.87. The van der Waals surface area contributed by atoms with Crippen molar-refractivity contribution in [3.63, 3.8) is 0 Å². The van der Waals surface area contributed by atoms with Crippen molar-refractivity contribution >= 4 is 17.3 Å². The van der Waals surface area contributed by atoms with Crippen LogP contribution in [0.25, 0.3) is 10.6 Å². The molecule has 6 heteroatoms. The Balaban J connectivity index is 2.34. The number of carboxylic acid groups (broad SMARTS) is 1. The monoisotopic (exact) mass is 295 g/mol. The summed E-state index contributed by atoms with van der Waals surface area (Å²) < 4.78 is 14.1. The lowest BCUT2D eigenvalue weighted by molar-refractivity contribution is -0.136. The summed E-state index contributed by atoms with van der Waals surface area (Å²) in [6.07, 6.45) is -0.181. The molecule has 0 aliphatic carbocycles. The van der Waals surface area contributed by atoms with Crippen molar-refractivity contribution in [3.05, 3.63) is 40.7 Å². The van der Waals surface area contributed by atoms with Crippen LogP contribution >= 0.6 is 11.3 Å². The van der Waals surface area contributed by atoms with Crippen LogP contribution in [0.1, 0.15) is 25.1 Å². The molecule has 0 saturated heterocycles. The fourth-order valence-electron chi connectivity index (χ4n) is 1.74. The number of nitrogens with zero attached hydrogens (tertiary/aromatic N) is 1. The minimum absolute atomic E-state index is 0.181. The van der Waals surface area contributed by atoms with Crippen molar-refractivity contribution in [2.75, 3.05) is 0 Å². The first-order chi connectivity index (χ1) is 9.27. The molecule has 0 saturated carbocycles. The smallest absolute Gasteiger partial charge is 0.309 e. The van der Waals surface area contributed by atoms with Gasteiger partial charge in [-0.15, -0.1) is 11.3 Å². The third-order valence-corrected chi connectivity index (χ3v) is 3.71. The summed E-state index contributed by atoms with van der Waals surface area (Å²) in [6.45, 7) is 3.16. The number of aromatic nitrogens is 1. The van der Waals surface area contributed by atoms with Gasteiger partial charge in [-0.3, -0.25) is 4.79 Å². The predicted molar refractivity (Wildman–Crippen MR) is 74.1 cm³/mol. The summed E-state index contributed by atoms with van der Waals surface area (Å²) in [4.78, 5) is 14.7. The molecule has 2 rings (SSSR count). The highest BCUT2D eigenvalue weighted by Gasteiger charge is 2.19. The maximum Gasteiger partial charge on any atom is 0.309 e. The molecule has 0 aliphatic heterocycles. The average Bonchev–Trinajstić information content (AvgIpc) is 2.75. The van der Waals surface area contributed by atoms with Crippen LogP contribution in [0.3, 0.4) is 0 Å². The molecule has 1 aromatic heterocycles. The number of halogens is 1. The van der Waals surface area contributed by atoms with Crippen LogP contribution in [0.5, 0.6) is 0 Å². The summed E-state index contributed by atoms with van der Waals surface area (Å²) >= 11 is 1.20. The van der Waals surface area contributed by atoms with Crippen LogP contribution in [0.15, 0.2) is 23.6 Å². The lowest BCUT2D eigenvalue weighted by Crippen LogP contribution is -2.15. The molecule has 0 bridgehead atoms. The highest BCUT2D eigenvalue weighted by atomic mass is 32.1. The first kappa shape index (κ1) is 14.6. The van der Waals surface area contributed by atoms with Gasteiger partial charge in [-0.1, -0.05) is 6.07 Å². The van der Waals surface area contributed by atoms with Gasteiger partial charge in [-0.25, -0.2) is 9.37 Å². The van der Waals surface area contributed by atoms with Crippen molar-refractivity contribution in [2.45, 2.75) is 25.9 Å². The number of thiazole rings is 1. The van der Waals surface area contributed by atoms with Gasteiger partial charge in [0.15, 0.2) is 0 Å². The summed E-state index contributed by atoms with van der Waals surface area (Å²) in [5.74, 6) is -1.46. The minimum Gasteiger partial charge on any atom is -0.481 e. The van der Waals surface area contributed by atoms with Crippen molar-refractivity contribution in [3.8, 4) is 10.6 Å². The largest absolute Gasteiger partial charge is 0.481 e. The van der Waals surface area contributed by atoms with E-state index in [-0.39, 0.29) is 6.42 Å². The molecule has 0 unspecified atom stereocenters. The topological polar surface area (TPSA) is 70.4 Å². The van der Waals surface area contributed by atoms with Crippen LogP contribution in [0.4, 0.5) is 4.39 Å².